The average Bonchev–Trinajstić information content (AvgIpc) is 3.21. The van der Waals surface area contributed by atoms with Crippen LogP contribution in [-0.2, 0) is 17.5 Å². The molecule has 2 aliphatic rings. The van der Waals surface area contributed by atoms with Crippen molar-refractivity contribution in [3.8, 4) is 0 Å². The second-order valence-corrected chi connectivity index (χ2v) is 7.69. The van der Waals surface area contributed by atoms with Crippen LogP contribution in [0.2, 0.25) is 5.02 Å². The molecule has 7 heteroatoms. The van der Waals surface area contributed by atoms with Crippen LogP contribution in [0.3, 0.4) is 0 Å². The van der Waals surface area contributed by atoms with Crippen molar-refractivity contribution >= 4 is 23.2 Å². The fourth-order valence-corrected chi connectivity index (χ4v) is 3.53. The van der Waals surface area contributed by atoms with Crippen LogP contribution in [0.4, 0.5) is 0 Å². The van der Waals surface area contributed by atoms with Crippen LogP contribution in [0.15, 0.2) is 29.6 Å². The number of oxime groups is 1. The van der Waals surface area contributed by atoms with Crippen LogP contribution in [0.1, 0.15) is 53.4 Å². The summed E-state index contributed by atoms with van der Waals surface area (Å²) in [6.45, 7) is 3.97. The maximum atomic E-state index is 12.4. The summed E-state index contributed by atoms with van der Waals surface area (Å²) in [6, 6.07) is 5.70. The van der Waals surface area contributed by atoms with Gasteiger partial charge in [0.25, 0.3) is 5.91 Å². The molecule has 1 unspecified atom stereocenters. The molecular weight excluding hydrogens is 352 g/mol. The minimum absolute atomic E-state index is 0.135. The topological polar surface area (TPSA) is 68.5 Å². The normalized spacial score (nSPS) is 22.1. The monoisotopic (exact) mass is 372 g/mol. The smallest absolute Gasteiger partial charge is 0.253 e. The third kappa shape index (κ3) is 3.09. The highest BCUT2D eigenvalue weighted by atomic mass is 35.5. The lowest BCUT2D eigenvalue weighted by Crippen LogP contribution is -2.26. The van der Waals surface area contributed by atoms with E-state index in [1.807, 2.05) is 33.2 Å². The minimum Gasteiger partial charge on any atom is -0.384 e. The van der Waals surface area contributed by atoms with E-state index in [0.717, 1.165) is 35.4 Å². The third-order valence-corrected chi connectivity index (χ3v) is 5.23. The Bertz CT molecular complexity index is 916. The Hall–Kier alpha value is -2.34. The van der Waals surface area contributed by atoms with Gasteiger partial charge < -0.3 is 10.2 Å². The Kier molecular flexibility index (Phi) is 4.03. The van der Waals surface area contributed by atoms with Crippen LogP contribution < -0.4 is 5.32 Å². The molecule has 6 nitrogen and oxygen atoms in total. The number of hydrogen-bond donors (Lipinski definition) is 1. The summed E-state index contributed by atoms with van der Waals surface area (Å²) < 4.78 is 1.78. The molecule has 1 aliphatic carbocycles. The maximum absolute atomic E-state index is 12.4. The second kappa shape index (κ2) is 6.13. The van der Waals surface area contributed by atoms with Crippen molar-refractivity contribution in [3.63, 3.8) is 0 Å². The predicted octanol–water partition coefficient (Wildman–Crippen LogP) is 3.31. The lowest BCUT2D eigenvalue weighted by atomic mass is 9.89. The van der Waals surface area contributed by atoms with Crippen molar-refractivity contribution in [1.82, 2.24) is 15.1 Å². The van der Waals surface area contributed by atoms with E-state index in [-0.39, 0.29) is 11.9 Å². The number of nitrogens with one attached hydrogen (secondary N) is 1. The third-order valence-electron chi connectivity index (χ3n) is 4.90. The van der Waals surface area contributed by atoms with Crippen molar-refractivity contribution in [1.29, 1.82) is 0 Å². The zero-order valence-corrected chi connectivity index (χ0v) is 15.8. The standard InChI is InChI=1S/C19H21ClN4O2/c1-11-15(10-24(3)22-11)19(2)9-17(23-26-19)12-4-7-16(20)14(8-12)18(25)21-13-5-6-13/h4,7-8,10,13H,5-6,9H2,1-3H3,(H,21,25). The van der Waals surface area contributed by atoms with Crippen molar-refractivity contribution in [2.24, 2.45) is 12.2 Å². The first-order chi connectivity index (χ1) is 12.4. The molecule has 0 radical (unpaired) electrons. The number of benzene rings is 1. The molecular formula is C19H21ClN4O2. The number of nitrogens with zero attached hydrogens (tertiary/aromatic N) is 3. The van der Waals surface area contributed by atoms with Crippen LogP contribution >= 0.6 is 11.6 Å². The molecule has 4 rings (SSSR count). The van der Waals surface area contributed by atoms with Gasteiger partial charge in [-0.05, 0) is 38.8 Å². The fourth-order valence-electron chi connectivity index (χ4n) is 3.33. The molecule has 0 bridgehead atoms. The van der Waals surface area contributed by atoms with Gasteiger partial charge in [-0.15, -0.1) is 0 Å². The Balaban J connectivity index is 1.58. The Morgan fingerprint density at radius 2 is 2.19 bits per heavy atom. The first-order valence-corrected chi connectivity index (χ1v) is 9.10. The SMILES string of the molecule is Cc1nn(C)cc1C1(C)CC(c2ccc(Cl)c(C(=O)NC3CC3)c2)=NO1. The van der Waals surface area contributed by atoms with Crippen molar-refractivity contribution in [3.05, 3.63) is 51.8 Å². The highest BCUT2D eigenvalue weighted by Crippen LogP contribution is 2.37. The number of aryl methyl sites for hydroxylation is 2. The van der Waals surface area contributed by atoms with Gasteiger partial charge in [0.1, 0.15) is 0 Å². The van der Waals surface area contributed by atoms with E-state index in [0.29, 0.717) is 17.0 Å². The average molecular weight is 373 g/mol. The summed E-state index contributed by atoms with van der Waals surface area (Å²) in [5.41, 5.74) is 3.49. The largest absolute Gasteiger partial charge is 0.384 e. The number of carbonyl (C=O) groups excluding carboxylic acids is 1. The quantitative estimate of drug-likeness (QED) is 0.895. The van der Waals surface area contributed by atoms with E-state index in [4.69, 9.17) is 16.4 Å². The number of aromatic nitrogens is 2. The van der Waals surface area contributed by atoms with Gasteiger partial charge in [-0.25, -0.2) is 0 Å². The lowest BCUT2D eigenvalue weighted by molar-refractivity contribution is -0.00789. The molecule has 1 aromatic heterocycles. The van der Waals surface area contributed by atoms with E-state index in [1.54, 1.807) is 16.8 Å². The molecule has 1 atom stereocenters. The highest BCUT2D eigenvalue weighted by Gasteiger charge is 2.39. The Morgan fingerprint density at radius 3 is 2.85 bits per heavy atom. The molecule has 136 valence electrons. The van der Waals surface area contributed by atoms with Crippen LogP contribution in [-0.4, -0.2) is 27.4 Å². The summed E-state index contributed by atoms with van der Waals surface area (Å²) in [4.78, 5) is 18.2. The zero-order valence-electron chi connectivity index (χ0n) is 15.0. The molecule has 1 aliphatic heterocycles. The first kappa shape index (κ1) is 17.1. The van der Waals surface area contributed by atoms with E-state index in [1.165, 1.54) is 0 Å². The molecule has 0 spiro atoms. The highest BCUT2D eigenvalue weighted by molar-refractivity contribution is 6.34. The summed E-state index contributed by atoms with van der Waals surface area (Å²) in [7, 11) is 1.89. The van der Waals surface area contributed by atoms with E-state index in [2.05, 4.69) is 15.6 Å². The lowest BCUT2D eigenvalue weighted by Gasteiger charge is -2.20. The summed E-state index contributed by atoms with van der Waals surface area (Å²) >= 11 is 6.23. The molecule has 0 saturated heterocycles. The number of amides is 1. The minimum atomic E-state index is -0.566. The summed E-state index contributed by atoms with van der Waals surface area (Å²) in [5, 5.41) is 12.1. The molecule has 26 heavy (non-hydrogen) atoms. The molecule has 1 aromatic carbocycles. The van der Waals surface area contributed by atoms with Gasteiger partial charge in [0, 0.05) is 36.8 Å². The van der Waals surface area contributed by atoms with Crippen LogP contribution in [0, 0.1) is 6.92 Å². The molecule has 1 saturated carbocycles. The van der Waals surface area contributed by atoms with E-state index in [9.17, 15) is 4.79 Å². The molecule has 1 fully saturated rings. The number of rotatable bonds is 4. The van der Waals surface area contributed by atoms with Gasteiger partial charge in [0.2, 0.25) is 0 Å². The molecule has 1 N–H and O–H groups in total. The zero-order chi connectivity index (χ0) is 18.5. The van der Waals surface area contributed by atoms with Crippen molar-refractivity contribution < 1.29 is 9.63 Å². The second-order valence-electron chi connectivity index (χ2n) is 7.28. The van der Waals surface area contributed by atoms with Crippen molar-refractivity contribution in [2.45, 2.75) is 44.8 Å². The molecule has 1 amide bonds. The first-order valence-electron chi connectivity index (χ1n) is 8.72. The van der Waals surface area contributed by atoms with Gasteiger partial charge in [0.05, 0.1) is 22.0 Å². The van der Waals surface area contributed by atoms with Gasteiger partial charge in [-0.1, -0.05) is 22.8 Å². The Labute approximate surface area is 157 Å². The van der Waals surface area contributed by atoms with Crippen LogP contribution in [0.5, 0.6) is 0 Å². The van der Waals surface area contributed by atoms with Gasteiger partial charge in [0.15, 0.2) is 5.60 Å². The Morgan fingerprint density at radius 1 is 1.42 bits per heavy atom. The number of hydrogen-bond acceptors (Lipinski definition) is 4. The summed E-state index contributed by atoms with van der Waals surface area (Å²) in [5.74, 6) is -0.135. The molecule has 2 heterocycles. The fraction of sp³-hybridized carbons (Fsp3) is 0.421. The van der Waals surface area contributed by atoms with Crippen LogP contribution in [0.25, 0.3) is 0 Å². The van der Waals surface area contributed by atoms with Crippen molar-refractivity contribution in [2.75, 3.05) is 0 Å². The van der Waals surface area contributed by atoms with E-state index < -0.39 is 5.60 Å². The predicted molar refractivity (Wildman–Crippen MR) is 99.5 cm³/mol. The number of carbonyl (C=O) groups is 1. The summed E-state index contributed by atoms with van der Waals surface area (Å²) in [6.07, 6.45) is 4.63. The number of halogens is 1. The van der Waals surface area contributed by atoms with Gasteiger partial charge >= 0.3 is 0 Å². The maximum Gasteiger partial charge on any atom is 0.253 e. The van der Waals surface area contributed by atoms with Gasteiger partial charge in [-0.3, -0.25) is 9.48 Å². The molecule has 2 aromatic rings. The van der Waals surface area contributed by atoms with Gasteiger partial charge in [-0.2, -0.15) is 5.10 Å². The van der Waals surface area contributed by atoms with E-state index >= 15 is 0 Å².